The van der Waals surface area contributed by atoms with E-state index in [0.29, 0.717) is 37.6 Å². The van der Waals surface area contributed by atoms with E-state index < -0.39 is 4.92 Å². The van der Waals surface area contributed by atoms with Crippen molar-refractivity contribution in [3.63, 3.8) is 0 Å². The van der Waals surface area contributed by atoms with Crippen molar-refractivity contribution in [1.82, 2.24) is 5.43 Å². The molecule has 140 valence electrons. The molecule has 8 nitrogen and oxygen atoms in total. The minimum atomic E-state index is -0.407. The summed E-state index contributed by atoms with van der Waals surface area (Å²) in [7, 11) is 0. The van der Waals surface area contributed by atoms with Gasteiger partial charge in [0.25, 0.3) is 5.69 Å². The Hall–Kier alpha value is -3.26. The summed E-state index contributed by atoms with van der Waals surface area (Å²) < 4.78 is 5.29. The molecule has 1 aliphatic rings. The number of benzene rings is 2. The van der Waals surface area contributed by atoms with Crippen LogP contribution in [0.25, 0.3) is 0 Å². The summed E-state index contributed by atoms with van der Waals surface area (Å²) in [6, 6.07) is 14.2. The highest BCUT2D eigenvalue weighted by molar-refractivity contribution is 5.85. The molecule has 0 aromatic heterocycles. The molecule has 0 atom stereocenters. The second kappa shape index (κ2) is 8.91. The van der Waals surface area contributed by atoms with Gasteiger partial charge in [-0.15, -0.1) is 0 Å². The molecule has 1 aliphatic heterocycles. The van der Waals surface area contributed by atoms with Gasteiger partial charge in [-0.25, -0.2) is 5.43 Å². The maximum atomic E-state index is 11.9. The van der Waals surface area contributed by atoms with Crippen molar-refractivity contribution < 1.29 is 14.5 Å². The summed E-state index contributed by atoms with van der Waals surface area (Å²) in [5.74, 6) is -0.253. The van der Waals surface area contributed by atoms with Gasteiger partial charge < -0.3 is 9.64 Å². The van der Waals surface area contributed by atoms with E-state index in [9.17, 15) is 14.9 Å². The third-order valence-corrected chi connectivity index (χ3v) is 4.16. The molecular formula is C19H20N4O4. The second-order valence-corrected chi connectivity index (χ2v) is 6.06. The molecule has 0 saturated carbocycles. The highest BCUT2D eigenvalue weighted by Gasteiger charge is 2.21. The summed E-state index contributed by atoms with van der Waals surface area (Å²) in [6.45, 7) is 2.33. The zero-order valence-corrected chi connectivity index (χ0v) is 14.7. The molecule has 0 unspecified atom stereocenters. The number of hydrogen-bond acceptors (Lipinski definition) is 6. The van der Waals surface area contributed by atoms with Crippen LogP contribution in [0, 0.1) is 10.1 Å². The van der Waals surface area contributed by atoms with E-state index in [1.165, 1.54) is 12.3 Å². The first-order valence-corrected chi connectivity index (χ1v) is 8.60. The lowest BCUT2D eigenvalue weighted by Crippen LogP contribution is -2.36. The van der Waals surface area contributed by atoms with Crippen molar-refractivity contribution in [1.29, 1.82) is 0 Å². The van der Waals surface area contributed by atoms with Crippen molar-refractivity contribution in [2.24, 2.45) is 5.10 Å². The Balaban J connectivity index is 1.65. The molecule has 0 aliphatic carbocycles. The molecule has 27 heavy (non-hydrogen) atoms. The van der Waals surface area contributed by atoms with Gasteiger partial charge in [-0.05, 0) is 11.6 Å². The molecule has 8 heteroatoms. The van der Waals surface area contributed by atoms with Gasteiger partial charge in [0.15, 0.2) is 0 Å². The fourth-order valence-corrected chi connectivity index (χ4v) is 2.84. The minimum absolute atomic E-state index is 0.0106. The minimum Gasteiger partial charge on any atom is -0.378 e. The Morgan fingerprint density at radius 2 is 1.96 bits per heavy atom. The van der Waals surface area contributed by atoms with Crippen LogP contribution in [0.3, 0.4) is 0 Å². The Labute approximate surface area is 156 Å². The lowest BCUT2D eigenvalue weighted by atomic mass is 10.1. The Bertz CT molecular complexity index is 833. The largest absolute Gasteiger partial charge is 0.378 e. The van der Waals surface area contributed by atoms with Gasteiger partial charge in [0, 0.05) is 24.7 Å². The number of amides is 1. The predicted octanol–water partition coefficient (Wildman–Crippen LogP) is 2.12. The van der Waals surface area contributed by atoms with Crippen LogP contribution >= 0.6 is 0 Å². The number of nitrogens with one attached hydrogen (secondary N) is 1. The summed E-state index contributed by atoms with van der Waals surface area (Å²) in [5, 5.41) is 15.3. The summed E-state index contributed by atoms with van der Waals surface area (Å²) in [6.07, 6.45) is 1.62. The molecule has 2 aromatic carbocycles. The normalized spacial score (nSPS) is 14.3. The molecule has 3 rings (SSSR count). The first kappa shape index (κ1) is 18.5. The second-order valence-electron chi connectivity index (χ2n) is 6.06. The maximum Gasteiger partial charge on any atom is 0.293 e. The van der Waals surface area contributed by atoms with Gasteiger partial charge in [-0.3, -0.25) is 14.9 Å². The van der Waals surface area contributed by atoms with Crippen LogP contribution in [0.15, 0.2) is 53.6 Å². The predicted molar refractivity (Wildman–Crippen MR) is 102 cm³/mol. The lowest BCUT2D eigenvalue weighted by molar-refractivity contribution is -0.384. The molecule has 1 saturated heterocycles. The molecule has 1 fully saturated rings. The number of nitrogens with zero attached hydrogens (tertiary/aromatic N) is 3. The number of rotatable bonds is 6. The van der Waals surface area contributed by atoms with Crippen molar-refractivity contribution in [2.45, 2.75) is 6.42 Å². The summed E-state index contributed by atoms with van der Waals surface area (Å²) >= 11 is 0. The SMILES string of the molecule is O=C(Cc1ccccc1)N/N=C/c1ccc(N2CCOCC2)c([N+](=O)[O-])c1. The van der Waals surface area contributed by atoms with Gasteiger partial charge in [0.1, 0.15) is 5.69 Å². The number of anilines is 1. The molecule has 2 aromatic rings. The molecule has 0 radical (unpaired) electrons. The topological polar surface area (TPSA) is 97.1 Å². The molecule has 1 N–H and O–H groups in total. The smallest absolute Gasteiger partial charge is 0.293 e. The van der Waals surface area contributed by atoms with Gasteiger partial charge >= 0.3 is 0 Å². The van der Waals surface area contributed by atoms with E-state index >= 15 is 0 Å². The van der Waals surface area contributed by atoms with Crippen molar-refractivity contribution in [3.8, 4) is 0 Å². The summed E-state index contributed by atoms with van der Waals surface area (Å²) in [4.78, 5) is 24.9. The van der Waals surface area contributed by atoms with Crippen LogP contribution in [-0.4, -0.2) is 43.3 Å². The Morgan fingerprint density at radius 1 is 1.22 bits per heavy atom. The molecule has 1 heterocycles. The third-order valence-electron chi connectivity index (χ3n) is 4.16. The Morgan fingerprint density at radius 3 is 2.67 bits per heavy atom. The number of morpholine rings is 1. The van der Waals surface area contributed by atoms with Gasteiger partial charge in [-0.1, -0.05) is 36.4 Å². The fraction of sp³-hybridized carbons (Fsp3) is 0.263. The zero-order valence-electron chi connectivity index (χ0n) is 14.7. The maximum absolute atomic E-state index is 11.9. The van der Waals surface area contributed by atoms with E-state index in [4.69, 9.17) is 4.74 Å². The van der Waals surface area contributed by atoms with E-state index in [-0.39, 0.29) is 18.0 Å². The van der Waals surface area contributed by atoms with Crippen LogP contribution in [-0.2, 0) is 16.0 Å². The number of hydrazone groups is 1. The molecule has 0 spiro atoms. The number of nitro benzene ring substituents is 1. The number of nitro groups is 1. The van der Waals surface area contributed by atoms with Crippen molar-refractivity contribution in [3.05, 3.63) is 69.8 Å². The Kier molecular flexibility index (Phi) is 6.11. The standard InChI is InChI=1S/C19H20N4O4/c24-19(13-15-4-2-1-3-5-15)21-20-14-16-6-7-17(18(12-16)23(25)26)22-8-10-27-11-9-22/h1-7,12,14H,8-11,13H2,(H,21,24)/b20-14+. The van der Waals surface area contributed by atoms with Gasteiger partial charge in [0.05, 0.1) is 30.8 Å². The average Bonchev–Trinajstić information content (AvgIpc) is 2.69. The van der Waals surface area contributed by atoms with E-state index in [0.717, 1.165) is 5.56 Å². The van der Waals surface area contributed by atoms with Crippen molar-refractivity contribution >= 4 is 23.5 Å². The van der Waals surface area contributed by atoms with E-state index in [1.54, 1.807) is 12.1 Å². The average molecular weight is 368 g/mol. The number of carbonyl (C=O) groups is 1. The van der Waals surface area contributed by atoms with Crippen LogP contribution in [0.2, 0.25) is 0 Å². The number of hydrogen-bond donors (Lipinski definition) is 1. The number of carbonyl (C=O) groups excluding carboxylic acids is 1. The molecular weight excluding hydrogens is 348 g/mol. The summed E-state index contributed by atoms with van der Waals surface area (Å²) in [5.41, 5.74) is 4.44. The number of ether oxygens (including phenoxy) is 1. The first-order valence-electron chi connectivity index (χ1n) is 8.60. The van der Waals surface area contributed by atoms with Gasteiger partial charge in [0.2, 0.25) is 5.91 Å². The first-order chi connectivity index (χ1) is 13.1. The zero-order chi connectivity index (χ0) is 19.1. The molecule has 0 bridgehead atoms. The van der Waals surface area contributed by atoms with E-state index in [2.05, 4.69) is 10.5 Å². The van der Waals surface area contributed by atoms with E-state index in [1.807, 2.05) is 35.2 Å². The van der Waals surface area contributed by atoms with Gasteiger partial charge in [-0.2, -0.15) is 5.10 Å². The van der Waals surface area contributed by atoms with Crippen LogP contribution in [0.5, 0.6) is 0 Å². The van der Waals surface area contributed by atoms with Crippen LogP contribution in [0.4, 0.5) is 11.4 Å². The van der Waals surface area contributed by atoms with Crippen molar-refractivity contribution in [2.75, 3.05) is 31.2 Å². The quantitative estimate of drug-likeness (QED) is 0.479. The molecule has 1 amide bonds. The lowest BCUT2D eigenvalue weighted by Gasteiger charge is -2.28. The highest BCUT2D eigenvalue weighted by Crippen LogP contribution is 2.29. The monoisotopic (exact) mass is 368 g/mol. The van der Waals surface area contributed by atoms with Crippen LogP contribution < -0.4 is 10.3 Å². The fourth-order valence-electron chi connectivity index (χ4n) is 2.84. The highest BCUT2D eigenvalue weighted by atomic mass is 16.6. The third kappa shape index (κ3) is 5.11. The van der Waals surface area contributed by atoms with Crippen LogP contribution in [0.1, 0.15) is 11.1 Å².